The second-order valence-corrected chi connectivity index (χ2v) is 5.73. The van der Waals surface area contributed by atoms with Gasteiger partial charge in [-0.1, -0.05) is 52.4 Å². The van der Waals surface area contributed by atoms with E-state index in [1.807, 2.05) is 4.42 Å². The lowest BCUT2D eigenvalue weighted by Gasteiger charge is -2.34. The highest BCUT2D eigenvalue weighted by atomic mass is 35.5. The maximum absolute atomic E-state index is 6.21. The Morgan fingerprint density at radius 2 is 1.94 bits per heavy atom. The first-order valence-corrected chi connectivity index (χ1v) is 7.59. The molecular weight excluding hydrogens is 234 g/mol. The average Bonchev–Trinajstić information content (AvgIpc) is 2.34. The van der Waals surface area contributed by atoms with Crippen LogP contribution in [0.2, 0.25) is 0 Å². The Bertz CT molecular complexity index is 189. The normalized spacial score (nSPS) is 23.8. The Morgan fingerprint density at radius 1 is 1.24 bits per heavy atom. The molecule has 0 amide bonds. The van der Waals surface area contributed by atoms with Gasteiger partial charge in [0.15, 0.2) is 0 Å². The van der Waals surface area contributed by atoms with E-state index in [0.717, 1.165) is 19.8 Å². The fourth-order valence-electron chi connectivity index (χ4n) is 2.48. The standard InChI is InChI=1S/C14H28ClNO/c1-3-4-5-6-7-8-9-13(2)14-12-17-11-10-16(14)15/h13-14H,3-12H2,1-2H3. The van der Waals surface area contributed by atoms with Gasteiger partial charge in [0.25, 0.3) is 0 Å². The van der Waals surface area contributed by atoms with Crippen molar-refractivity contribution in [3.63, 3.8) is 0 Å². The van der Waals surface area contributed by atoms with Gasteiger partial charge in [0.1, 0.15) is 0 Å². The third-order valence-electron chi connectivity index (χ3n) is 3.77. The van der Waals surface area contributed by atoms with Gasteiger partial charge < -0.3 is 4.74 Å². The molecule has 1 fully saturated rings. The molecular formula is C14H28ClNO. The van der Waals surface area contributed by atoms with Crippen molar-refractivity contribution in [3.8, 4) is 0 Å². The van der Waals surface area contributed by atoms with E-state index in [0.29, 0.717) is 12.0 Å². The van der Waals surface area contributed by atoms with Crippen LogP contribution in [0.1, 0.15) is 58.8 Å². The van der Waals surface area contributed by atoms with Crippen molar-refractivity contribution in [1.82, 2.24) is 4.42 Å². The summed E-state index contributed by atoms with van der Waals surface area (Å²) in [6.45, 7) is 7.03. The van der Waals surface area contributed by atoms with E-state index in [1.54, 1.807) is 0 Å². The van der Waals surface area contributed by atoms with Gasteiger partial charge >= 0.3 is 0 Å². The molecule has 102 valence electrons. The van der Waals surface area contributed by atoms with Crippen molar-refractivity contribution in [2.75, 3.05) is 19.8 Å². The molecule has 2 atom stereocenters. The van der Waals surface area contributed by atoms with E-state index >= 15 is 0 Å². The minimum atomic E-state index is 0.418. The highest BCUT2D eigenvalue weighted by molar-refractivity contribution is 6.13. The van der Waals surface area contributed by atoms with E-state index in [4.69, 9.17) is 16.5 Å². The maximum atomic E-state index is 6.21. The Kier molecular flexibility index (Phi) is 8.25. The molecule has 1 heterocycles. The number of nitrogens with zero attached hydrogens (tertiary/aromatic N) is 1. The zero-order valence-electron chi connectivity index (χ0n) is 11.5. The number of halogens is 1. The predicted octanol–water partition coefficient (Wildman–Crippen LogP) is 4.23. The van der Waals surface area contributed by atoms with Gasteiger partial charge in [-0.15, -0.1) is 0 Å². The molecule has 0 aliphatic carbocycles. The summed E-state index contributed by atoms with van der Waals surface area (Å²) < 4.78 is 7.46. The summed E-state index contributed by atoms with van der Waals surface area (Å²) in [7, 11) is 0. The Hall–Kier alpha value is 0.210. The van der Waals surface area contributed by atoms with Crippen molar-refractivity contribution in [3.05, 3.63) is 0 Å². The molecule has 0 N–H and O–H groups in total. The summed E-state index contributed by atoms with van der Waals surface area (Å²) >= 11 is 6.21. The average molecular weight is 262 g/mol. The molecule has 1 aliphatic heterocycles. The summed E-state index contributed by atoms with van der Waals surface area (Å²) in [5, 5.41) is 0. The van der Waals surface area contributed by atoms with Crippen LogP contribution >= 0.6 is 11.8 Å². The molecule has 17 heavy (non-hydrogen) atoms. The Morgan fingerprint density at radius 3 is 2.65 bits per heavy atom. The summed E-state index contributed by atoms with van der Waals surface area (Å²) in [6, 6.07) is 0.418. The van der Waals surface area contributed by atoms with Gasteiger partial charge in [0.2, 0.25) is 0 Å². The molecule has 0 aromatic heterocycles. The minimum absolute atomic E-state index is 0.418. The lowest BCUT2D eigenvalue weighted by Crippen LogP contribution is -2.43. The molecule has 0 aromatic rings. The molecule has 0 saturated carbocycles. The van der Waals surface area contributed by atoms with Crippen LogP contribution in [-0.2, 0) is 4.74 Å². The van der Waals surface area contributed by atoms with Crippen LogP contribution in [0.3, 0.4) is 0 Å². The van der Waals surface area contributed by atoms with Crippen molar-refractivity contribution in [1.29, 1.82) is 0 Å². The number of unbranched alkanes of at least 4 members (excludes halogenated alkanes) is 5. The summed E-state index contributed by atoms with van der Waals surface area (Å²) in [5.74, 6) is 0.652. The predicted molar refractivity (Wildman–Crippen MR) is 74.3 cm³/mol. The quantitative estimate of drug-likeness (QED) is 0.479. The SMILES string of the molecule is CCCCCCCCC(C)C1COCCN1Cl. The lowest BCUT2D eigenvalue weighted by atomic mass is 9.94. The third kappa shape index (κ3) is 6.08. The molecule has 1 rings (SSSR count). The van der Waals surface area contributed by atoms with Crippen LogP contribution in [0, 0.1) is 5.92 Å². The molecule has 1 saturated heterocycles. The van der Waals surface area contributed by atoms with Crippen LogP contribution in [-0.4, -0.2) is 30.2 Å². The number of rotatable bonds is 8. The monoisotopic (exact) mass is 261 g/mol. The summed E-state index contributed by atoms with van der Waals surface area (Å²) in [5.41, 5.74) is 0. The smallest absolute Gasteiger partial charge is 0.0638 e. The van der Waals surface area contributed by atoms with E-state index in [-0.39, 0.29) is 0 Å². The summed E-state index contributed by atoms with van der Waals surface area (Å²) in [4.78, 5) is 0. The number of hydrogen-bond acceptors (Lipinski definition) is 2. The van der Waals surface area contributed by atoms with Gasteiger partial charge in [-0.2, -0.15) is 0 Å². The molecule has 0 bridgehead atoms. The van der Waals surface area contributed by atoms with Crippen molar-refractivity contribution in [2.45, 2.75) is 64.8 Å². The first kappa shape index (κ1) is 15.3. The second-order valence-electron chi connectivity index (χ2n) is 5.30. The van der Waals surface area contributed by atoms with Gasteiger partial charge in [-0.25, -0.2) is 4.42 Å². The molecule has 0 aromatic carbocycles. The third-order valence-corrected chi connectivity index (χ3v) is 4.19. The fourth-order valence-corrected chi connectivity index (χ4v) is 2.80. The van der Waals surface area contributed by atoms with Crippen LogP contribution in [0.4, 0.5) is 0 Å². The first-order chi connectivity index (χ1) is 8.25. The van der Waals surface area contributed by atoms with E-state index in [1.165, 1.54) is 44.9 Å². The van der Waals surface area contributed by atoms with Gasteiger partial charge in [-0.3, -0.25) is 0 Å². The zero-order chi connectivity index (χ0) is 12.5. The largest absolute Gasteiger partial charge is 0.378 e. The number of ether oxygens (including phenoxy) is 1. The Labute approximate surface area is 112 Å². The topological polar surface area (TPSA) is 12.5 Å². The fraction of sp³-hybridized carbons (Fsp3) is 1.00. The molecule has 0 spiro atoms. The highest BCUT2D eigenvalue weighted by Crippen LogP contribution is 2.22. The molecule has 2 unspecified atom stereocenters. The van der Waals surface area contributed by atoms with Crippen molar-refractivity contribution >= 4 is 11.8 Å². The molecule has 2 nitrogen and oxygen atoms in total. The molecule has 0 radical (unpaired) electrons. The van der Waals surface area contributed by atoms with Crippen molar-refractivity contribution in [2.24, 2.45) is 5.92 Å². The number of hydrogen-bond donors (Lipinski definition) is 0. The zero-order valence-corrected chi connectivity index (χ0v) is 12.2. The van der Waals surface area contributed by atoms with Gasteiger partial charge in [0.05, 0.1) is 19.3 Å². The lowest BCUT2D eigenvalue weighted by molar-refractivity contribution is 0.0122. The first-order valence-electron chi connectivity index (χ1n) is 7.26. The van der Waals surface area contributed by atoms with Gasteiger partial charge in [-0.05, 0) is 24.1 Å². The minimum Gasteiger partial charge on any atom is -0.378 e. The second kappa shape index (κ2) is 9.18. The van der Waals surface area contributed by atoms with Crippen LogP contribution in [0.15, 0.2) is 0 Å². The molecule has 3 heteroatoms. The molecule has 1 aliphatic rings. The van der Waals surface area contributed by atoms with E-state index in [2.05, 4.69) is 13.8 Å². The van der Waals surface area contributed by atoms with Crippen molar-refractivity contribution < 1.29 is 4.74 Å². The van der Waals surface area contributed by atoms with E-state index < -0.39 is 0 Å². The maximum Gasteiger partial charge on any atom is 0.0638 e. The van der Waals surface area contributed by atoms with Crippen LogP contribution in [0.25, 0.3) is 0 Å². The Balaban J connectivity index is 2.05. The highest BCUT2D eigenvalue weighted by Gasteiger charge is 2.26. The van der Waals surface area contributed by atoms with Gasteiger partial charge in [0, 0.05) is 6.54 Å². The van der Waals surface area contributed by atoms with E-state index in [9.17, 15) is 0 Å². The van der Waals surface area contributed by atoms with Crippen LogP contribution in [0.5, 0.6) is 0 Å². The van der Waals surface area contributed by atoms with Crippen LogP contribution < -0.4 is 0 Å². The number of morpholine rings is 1. The summed E-state index contributed by atoms with van der Waals surface area (Å²) in [6.07, 6.45) is 9.51.